The highest BCUT2D eigenvalue weighted by atomic mass is 79.9. The van der Waals surface area contributed by atoms with Gasteiger partial charge in [-0.05, 0) is 35.4 Å². The summed E-state index contributed by atoms with van der Waals surface area (Å²) < 4.78 is 32.9. The minimum atomic E-state index is -0.834. The number of halogens is 3. The monoisotopic (exact) mass is 353 g/mol. The van der Waals surface area contributed by atoms with Crippen molar-refractivity contribution < 1.29 is 18.3 Å². The molecular weight excluding hydrogens is 344 g/mol. The Morgan fingerprint density at radius 1 is 1.10 bits per heavy atom. The van der Waals surface area contributed by atoms with Crippen LogP contribution in [-0.2, 0) is 18.0 Å². The second-order valence-electron chi connectivity index (χ2n) is 4.67. The smallest absolute Gasteiger partial charge is 0.255 e. The van der Waals surface area contributed by atoms with Crippen LogP contribution in [-0.4, -0.2) is 5.91 Å². The SMILES string of the molecule is O=C(Nc1c(F)cc(Br)cc1F)c1ccc2c(c1)COC2. The van der Waals surface area contributed by atoms with Gasteiger partial charge in [0, 0.05) is 10.0 Å². The first-order chi connectivity index (χ1) is 10.0. The fraction of sp³-hybridized carbons (Fsp3) is 0.133. The molecule has 0 atom stereocenters. The van der Waals surface area contributed by atoms with E-state index in [0.29, 0.717) is 18.8 Å². The van der Waals surface area contributed by atoms with Crippen molar-refractivity contribution in [3.05, 3.63) is 63.1 Å². The summed E-state index contributed by atoms with van der Waals surface area (Å²) in [6.45, 7) is 0.963. The summed E-state index contributed by atoms with van der Waals surface area (Å²) >= 11 is 2.99. The molecule has 1 aliphatic heterocycles. The molecule has 0 fully saturated rings. The quantitative estimate of drug-likeness (QED) is 0.885. The Hall–Kier alpha value is -1.79. The molecule has 1 aliphatic rings. The van der Waals surface area contributed by atoms with Crippen LogP contribution in [0.1, 0.15) is 21.5 Å². The number of amides is 1. The fourth-order valence-corrected chi connectivity index (χ4v) is 2.56. The molecule has 1 heterocycles. The lowest BCUT2D eigenvalue weighted by molar-refractivity contribution is 0.102. The van der Waals surface area contributed by atoms with Crippen LogP contribution in [0.5, 0.6) is 0 Å². The van der Waals surface area contributed by atoms with Gasteiger partial charge in [-0.2, -0.15) is 0 Å². The van der Waals surface area contributed by atoms with Gasteiger partial charge in [0.05, 0.1) is 13.2 Å². The highest BCUT2D eigenvalue weighted by Gasteiger charge is 2.17. The fourth-order valence-electron chi connectivity index (χ4n) is 2.16. The molecule has 0 aliphatic carbocycles. The highest BCUT2D eigenvalue weighted by molar-refractivity contribution is 9.10. The maximum atomic E-state index is 13.7. The van der Waals surface area contributed by atoms with Gasteiger partial charge in [-0.3, -0.25) is 4.79 Å². The van der Waals surface area contributed by atoms with Crippen LogP contribution in [0.2, 0.25) is 0 Å². The number of hydrogen-bond donors (Lipinski definition) is 1. The minimum absolute atomic E-state index is 0.269. The van der Waals surface area contributed by atoms with Crippen LogP contribution in [0.15, 0.2) is 34.8 Å². The molecule has 3 nitrogen and oxygen atoms in total. The number of benzene rings is 2. The van der Waals surface area contributed by atoms with Gasteiger partial charge in [-0.1, -0.05) is 22.0 Å². The lowest BCUT2D eigenvalue weighted by atomic mass is 10.1. The average molecular weight is 354 g/mol. The van der Waals surface area contributed by atoms with E-state index in [2.05, 4.69) is 21.2 Å². The van der Waals surface area contributed by atoms with Gasteiger partial charge in [-0.25, -0.2) is 8.78 Å². The van der Waals surface area contributed by atoms with Crippen LogP contribution in [0.3, 0.4) is 0 Å². The Kier molecular flexibility index (Phi) is 3.73. The van der Waals surface area contributed by atoms with Crippen molar-refractivity contribution in [1.29, 1.82) is 0 Å². The molecule has 2 aromatic rings. The third-order valence-electron chi connectivity index (χ3n) is 3.23. The van der Waals surface area contributed by atoms with E-state index in [1.807, 2.05) is 0 Å². The Labute approximate surface area is 128 Å². The summed E-state index contributed by atoms with van der Waals surface area (Å²) in [6, 6.07) is 7.25. The van der Waals surface area contributed by atoms with Gasteiger partial charge in [0.1, 0.15) is 5.69 Å². The normalized spacial score (nSPS) is 13.1. The first-order valence-electron chi connectivity index (χ1n) is 6.20. The number of anilines is 1. The van der Waals surface area contributed by atoms with E-state index in [4.69, 9.17) is 4.74 Å². The number of fused-ring (bicyclic) bond motifs is 1. The molecule has 0 saturated carbocycles. The predicted octanol–water partition coefficient (Wildman–Crippen LogP) is 4.01. The zero-order valence-corrected chi connectivity index (χ0v) is 12.3. The van der Waals surface area contributed by atoms with Crippen LogP contribution < -0.4 is 5.32 Å². The number of rotatable bonds is 2. The van der Waals surface area contributed by atoms with Crippen molar-refractivity contribution in [2.24, 2.45) is 0 Å². The van der Waals surface area contributed by atoms with E-state index < -0.39 is 23.2 Å². The van der Waals surface area contributed by atoms with E-state index in [1.165, 1.54) is 0 Å². The molecule has 0 bridgehead atoms. The third kappa shape index (κ3) is 2.82. The minimum Gasteiger partial charge on any atom is -0.372 e. The number of carbonyl (C=O) groups excluding carboxylic acids is 1. The summed E-state index contributed by atoms with van der Waals surface area (Å²) in [5.41, 5.74) is 1.81. The molecule has 0 aromatic heterocycles. The molecular formula is C15H10BrF2NO2. The van der Waals surface area contributed by atoms with Crippen LogP contribution in [0, 0.1) is 11.6 Å². The highest BCUT2D eigenvalue weighted by Crippen LogP contribution is 2.25. The molecule has 108 valence electrons. The standard InChI is InChI=1S/C15H10BrF2NO2/c16-11-4-12(17)14(13(18)5-11)19-15(20)8-1-2-9-6-21-7-10(9)3-8/h1-5H,6-7H2,(H,19,20). The van der Waals surface area contributed by atoms with Gasteiger partial charge in [0.25, 0.3) is 5.91 Å². The van der Waals surface area contributed by atoms with Crippen molar-refractivity contribution >= 4 is 27.5 Å². The maximum Gasteiger partial charge on any atom is 0.255 e. The molecule has 3 rings (SSSR count). The summed E-state index contributed by atoms with van der Waals surface area (Å²) in [6.07, 6.45) is 0. The number of nitrogens with one attached hydrogen (secondary N) is 1. The summed E-state index contributed by atoms with van der Waals surface area (Å²) in [4.78, 5) is 12.1. The molecule has 0 saturated heterocycles. The Bertz CT molecular complexity index is 711. The molecule has 0 radical (unpaired) electrons. The summed E-state index contributed by atoms with van der Waals surface area (Å²) in [7, 11) is 0. The van der Waals surface area contributed by atoms with E-state index in [1.54, 1.807) is 18.2 Å². The molecule has 2 aromatic carbocycles. The molecule has 1 N–H and O–H groups in total. The molecule has 0 unspecified atom stereocenters. The van der Waals surface area contributed by atoms with Gasteiger partial charge in [-0.15, -0.1) is 0 Å². The molecule has 1 amide bonds. The Morgan fingerprint density at radius 3 is 2.48 bits per heavy atom. The lowest BCUT2D eigenvalue weighted by Crippen LogP contribution is -2.14. The topological polar surface area (TPSA) is 38.3 Å². The predicted molar refractivity (Wildman–Crippen MR) is 76.9 cm³/mol. The zero-order valence-electron chi connectivity index (χ0n) is 10.8. The van der Waals surface area contributed by atoms with E-state index in [9.17, 15) is 13.6 Å². The van der Waals surface area contributed by atoms with E-state index >= 15 is 0 Å². The molecule has 6 heteroatoms. The van der Waals surface area contributed by atoms with Crippen molar-refractivity contribution in [2.45, 2.75) is 13.2 Å². The second kappa shape index (κ2) is 5.54. The lowest BCUT2D eigenvalue weighted by Gasteiger charge is -2.09. The maximum absolute atomic E-state index is 13.7. The van der Waals surface area contributed by atoms with Crippen LogP contribution in [0.4, 0.5) is 14.5 Å². The van der Waals surface area contributed by atoms with Gasteiger partial charge < -0.3 is 10.1 Å². The number of ether oxygens (including phenoxy) is 1. The zero-order chi connectivity index (χ0) is 15.0. The Morgan fingerprint density at radius 2 is 1.76 bits per heavy atom. The average Bonchev–Trinajstić information content (AvgIpc) is 2.89. The largest absolute Gasteiger partial charge is 0.372 e. The number of hydrogen-bond acceptors (Lipinski definition) is 2. The molecule has 21 heavy (non-hydrogen) atoms. The summed E-state index contributed by atoms with van der Waals surface area (Å²) in [5.74, 6) is -2.23. The van der Waals surface area contributed by atoms with Crippen LogP contribution >= 0.6 is 15.9 Å². The first kappa shape index (κ1) is 14.2. The van der Waals surface area contributed by atoms with Gasteiger partial charge in [0.15, 0.2) is 11.6 Å². The third-order valence-corrected chi connectivity index (χ3v) is 3.69. The second-order valence-corrected chi connectivity index (χ2v) is 5.59. The van der Waals surface area contributed by atoms with Gasteiger partial charge >= 0.3 is 0 Å². The summed E-state index contributed by atoms with van der Waals surface area (Å²) in [5, 5.41) is 2.26. The van der Waals surface area contributed by atoms with Crippen molar-refractivity contribution in [3.8, 4) is 0 Å². The van der Waals surface area contributed by atoms with Crippen molar-refractivity contribution in [1.82, 2.24) is 0 Å². The van der Waals surface area contributed by atoms with Crippen molar-refractivity contribution in [3.63, 3.8) is 0 Å². The van der Waals surface area contributed by atoms with Crippen LogP contribution in [0.25, 0.3) is 0 Å². The van der Waals surface area contributed by atoms with Crippen molar-refractivity contribution in [2.75, 3.05) is 5.32 Å². The van der Waals surface area contributed by atoms with E-state index in [-0.39, 0.29) is 4.47 Å². The first-order valence-corrected chi connectivity index (χ1v) is 6.99. The molecule has 0 spiro atoms. The number of carbonyl (C=O) groups is 1. The Balaban J connectivity index is 1.87. The van der Waals surface area contributed by atoms with Gasteiger partial charge in [0.2, 0.25) is 0 Å². The van der Waals surface area contributed by atoms with E-state index in [0.717, 1.165) is 23.3 Å².